The van der Waals surface area contributed by atoms with E-state index < -0.39 is 0 Å². The first kappa shape index (κ1) is 13.3. The molecule has 1 aliphatic heterocycles. The Balaban J connectivity index is 2.10. The van der Waals surface area contributed by atoms with Crippen molar-refractivity contribution in [3.8, 4) is 0 Å². The molecule has 0 bridgehead atoms. The number of hydrogen-bond acceptors (Lipinski definition) is 3. The maximum absolute atomic E-state index is 12.3. The Morgan fingerprint density at radius 1 is 1.56 bits per heavy atom. The SMILES string of the molecule is CCC1CN(C(=O)c2ccnc(Cl)c2)CCN1C. The first-order valence-corrected chi connectivity index (χ1v) is 6.60. The van der Waals surface area contributed by atoms with Gasteiger partial charge >= 0.3 is 0 Å². The zero-order valence-corrected chi connectivity index (χ0v) is 11.5. The molecule has 1 aromatic heterocycles. The molecule has 0 radical (unpaired) electrons. The molecule has 2 rings (SSSR count). The summed E-state index contributed by atoms with van der Waals surface area (Å²) in [7, 11) is 2.11. The van der Waals surface area contributed by atoms with Crippen LogP contribution in [-0.4, -0.2) is 53.4 Å². The van der Waals surface area contributed by atoms with Crippen molar-refractivity contribution >= 4 is 17.5 Å². The Bertz CT molecular complexity index is 438. The molecule has 1 unspecified atom stereocenters. The van der Waals surface area contributed by atoms with E-state index in [0.717, 1.165) is 26.1 Å². The Hall–Kier alpha value is -1.13. The number of piperazine rings is 1. The number of halogens is 1. The second-order valence-electron chi connectivity index (χ2n) is 4.66. The van der Waals surface area contributed by atoms with Crippen molar-refractivity contribution in [3.05, 3.63) is 29.0 Å². The lowest BCUT2D eigenvalue weighted by molar-refractivity contribution is 0.0542. The van der Waals surface area contributed by atoms with Crippen molar-refractivity contribution in [2.75, 3.05) is 26.7 Å². The number of aromatic nitrogens is 1. The van der Waals surface area contributed by atoms with Crippen molar-refractivity contribution < 1.29 is 4.79 Å². The van der Waals surface area contributed by atoms with E-state index in [-0.39, 0.29) is 5.91 Å². The molecule has 1 fully saturated rings. The minimum Gasteiger partial charge on any atom is -0.336 e. The van der Waals surface area contributed by atoms with Gasteiger partial charge in [0.05, 0.1) is 0 Å². The zero-order chi connectivity index (χ0) is 13.1. The lowest BCUT2D eigenvalue weighted by Crippen LogP contribution is -2.52. The number of amides is 1. The first-order chi connectivity index (χ1) is 8.61. The molecule has 4 nitrogen and oxygen atoms in total. The average molecular weight is 268 g/mol. The molecule has 98 valence electrons. The molecule has 1 aromatic rings. The number of carbonyl (C=O) groups is 1. The maximum atomic E-state index is 12.3. The van der Waals surface area contributed by atoms with Crippen molar-refractivity contribution in [2.24, 2.45) is 0 Å². The van der Waals surface area contributed by atoms with Gasteiger partial charge in [-0.1, -0.05) is 18.5 Å². The van der Waals surface area contributed by atoms with Crippen molar-refractivity contribution in [2.45, 2.75) is 19.4 Å². The van der Waals surface area contributed by atoms with Gasteiger partial charge in [-0.2, -0.15) is 0 Å². The largest absolute Gasteiger partial charge is 0.336 e. The highest BCUT2D eigenvalue weighted by molar-refractivity contribution is 6.29. The maximum Gasteiger partial charge on any atom is 0.254 e. The predicted molar refractivity (Wildman–Crippen MR) is 71.9 cm³/mol. The number of pyridine rings is 1. The smallest absolute Gasteiger partial charge is 0.254 e. The third-order valence-electron chi connectivity index (χ3n) is 3.51. The second-order valence-corrected chi connectivity index (χ2v) is 5.05. The van der Waals surface area contributed by atoms with Gasteiger partial charge in [0.25, 0.3) is 5.91 Å². The molecular weight excluding hydrogens is 250 g/mol. The van der Waals surface area contributed by atoms with Gasteiger partial charge in [0.2, 0.25) is 0 Å². The number of carbonyl (C=O) groups excluding carboxylic acids is 1. The molecule has 0 aliphatic carbocycles. The second kappa shape index (κ2) is 5.67. The van der Waals surface area contributed by atoms with Crippen LogP contribution < -0.4 is 0 Å². The predicted octanol–water partition coefficient (Wildman–Crippen LogP) is 1.90. The van der Waals surface area contributed by atoms with Crippen LogP contribution in [-0.2, 0) is 0 Å². The fourth-order valence-electron chi connectivity index (χ4n) is 2.29. The zero-order valence-electron chi connectivity index (χ0n) is 10.8. The third-order valence-corrected chi connectivity index (χ3v) is 3.72. The summed E-state index contributed by atoms with van der Waals surface area (Å²) in [5, 5.41) is 0.363. The fourth-order valence-corrected chi connectivity index (χ4v) is 2.46. The highest BCUT2D eigenvalue weighted by Gasteiger charge is 2.26. The van der Waals surface area contributed by atoms with Crippen LogP contribution in [0.1, 0.15) is 23.7 Å². The Kier molecular flexibility index (Phi) is 4.19. The highest BCUT2D eigenvalue weighted by Crippen LogP contribution is 2.15. The third kappa shape index (κ3) is 2.82. The summed E-state index contributed by atoms with van der Waals surface area (Å²) in [6.45, 7) is 4.62. The van der Waals surface area contributed by atoms with Gasteiger partial charge in [-0.05, 0) is 25.6 Å². The summed E-state index contributed by atoms with van der Waals surface area (Å²) in [4.78, 5) is 20.4. The first-order valence-electron chi connectivity index (χ1n) is 6.23. The van der Waals surface area contributed by atoms with Gasteiger partial charge in [-0.3, -0.25) is 9.69 Å². The number of hydrogen-bond donors (Lipinski definition) is 0. The van der Waals surface area contributed by atoms with E-state index in [1.165, 1.54) is 0 Å². The molecule has 0 saturated carbocycles. The van der Waals surface area contributed by atoms with E-state index in [1.54, 1.807) is 18.3 Å². The van der Waals surface area contributed by atoms with Gasteiger partial charge in [0.1, 0.15) is 5.15 Å². The van der Waals surface area contributed by atoms with Gasteiger partial charge in [0, 0.05) is 37.4 Å². The van der Waals surface area contributed by atoms with Crippen molar-refractivity contribution in [1.82, 2.24) is 14.8 Å². The molecule has 2 heterocycles. The topological polar surface area (TPSA) is 36.4 Å². The minimum absolute atomic E-state index is 0.0471. The van der Waals surface area contributed by atoms with E-state index >= 15 is 0 Å². The lowest BCUT2D eigenvalue weighted by atomic mass is 10.1. The molecule has 1 amide bonds. The van der Waals surface area contributed by atoms with E-state index in [1.807, 2.05) is 4.90 Å². The molecular formula is C13H18ClN3O. The van der Waals surface area contributed by atoms with Crippen LogP contribution in [0.3, 0.4) is 0 Å². The van der Waals surface area contributed by atoms with Gasteiger partial charge in [-0.25, -0.2) is 4.98 Å². The Labute approximate surface area is 113 Å². The molecule has 18 heavy (non-hydrogen) atoms. The van der Waals surface area contributed by atoms with Crippen molar-refractivity contribution in [1.29, 1.82) is 0 Å². The van der Waals surface area contributed by atoms with Crippen LogP contribution in [0.5, 0.6) is 0 Å². The Morgan fingerprint density at radius 3 is 3.00 bits per heavy atom. The summed E-state index contributed by atoms with van der Waals surface area (Å²) in [5.41, 5.74) is 0.620. The van der Waals surface area contributed by atoms with Gasteiger partial charge in [-0.15, -0.1) is 0 Å². The average Bonchev–Trinajstić information content (AvgIpc) is 2.38. The number of likely N-dealkylation sites (N-methyl/N-ethyl adjacent to an activating group) is 1. The summed E-state index contributed by atoms with van der Waals surface area (Å²) in [6, 6.07) is 3.79. The highest BCUT2D eigenvalue weighted by atomic mass is 35.5. The Morgan fingerprint density at radius 2 is 2.33 bits per heavy atom. The van der Waals surface area contributed by atoms with Gasteiger partial charge < -0.3 is 4.90 Å². The quantitative estimate of drug-likeness (QED) is 0.768. The normalized spacial score (nSPS) is 21.1. The molecule has 1 saturated heterocycles. The molecule has 5 heteroatoms. The minimum atomic E-state index is 0.0471. The summed E-state index contributed by atoms with van der Waals surface area (Å²) in [6.07, 6.45) is 2.63. The molecule has 1 aliphatic rings. The van der Waals surface area contributed by atoms with Crippen molar-refractivity contribution in [3.63, 3.8) is 0 Å². The van der Waals surface area contributed by atoms with Crippen LogP contribution in [0.4, 0.5) is 0 Å². The van der Waals surface area contributed by atoms with E-state index in [4.69, 9.17) is 11.6 Å². The summed E-state index contributed by atoms with van der Waals surface area (Å²) < 4.78 is 0. The van der Waals surface area contributed by atoms with Crippen LogP contribution in [0.2, 0.25) is 5.15 Å². The molecule has 0 N–H and O–H groups in total. The van der Waals surface area contributed by atoms with Crippen LogP contribution in [0.15, 0.2) is 18.3 Å². The van der Waals surface area contributed by atoms with Crippen LogP contribution in [0.25, 0.3) is 0 Å². The number of rotatable bonds is 2. The number of nitrogens with zero attached hydrogens (tertiary/aromatic N) is 3. The lowest BCUT2D eigenvalue weighted by Gasteiger charge is -2.39. The molecule has 0 aromatic carbocycles. The molecule has 1 atom stereocenters. The van der Waals surface area contributed by atoms with Crippen LogP contribution in [0, 0.1) is 0 Å². The monoisotopic (exact) mass is 267 g/mol. The van der Waals surface area contributed by atoms with E-state index in [9.17, 15) is 4.79 Å². The summed E-state index contributed by atoms with van der Waals surface area (Å²) in [5.74, 6) is 0.0471. The van der Waals surface area contributed by atoms with Gasteiger partial charge in [0.15, 0.2) is 0 Å². The summed E-state index contributed by atoms with van der Waals surface area (Å²) >= 11 is 5.82. The fraction of sp³-hybridized carbons (Fsp3) is 0.538. The van der Waals surface area contributed by atoms with E-state index in [2.05, 4.69) is 23.9 Å². The molecule has 0 spiro atoms. The van der Waals surface area contributed by atoms with Crippen LogP contribution >= 0.6 is 11.6 Å². The van der Waals surface area contributed by atoms with E-state index in [0.29, 0.717) is 16.8 Å². The standard InChI is InChI=1S/C13H18ClN3O/c1-3-11-9-17(7-6-16(11)2)13(18)10-4-5-15-12(14)8-10/h4-5,8,11H,3,6-7,9H2,1-2H3.